The predicted octanol–water partition coefficient (Wildman–Crippen LogP) is 2.55. The van der Waals surface area contributed by atoms with E-state index in [0.717, 1.165) is 11.3 Å². The highest BCUT2D eigenvalue weighted by atomic mass is 16.5. The third-order valence-corrected chi connectivity index (χ3v) is 2.85. The lowest BCUT2D eigenvalue weighted by molar-refractivity contribution is 0.0697. The Labute approximate surface area is 108 Å². The highest BCUT2D eigenvalue weighted by molar-refractivity contribution is 5.94. The molecular weight excluding hydrogens is 230 g/mol. The van der Waals surface area contributed by atoms with Gasteiger partial charge in [0.15, 0.2) is 0 Å². The molecule has 0 aliphatic rings. The van der Waals surface area contributed by atoms with E-state index in [1.165, 1.54) is 0 Å². The van der Waals surface area contributed by atoms with Crippen LogP contribution in [0.2, 0.25) is 0 Å². The fraction of sp³-hybridized carbons (Fsp3) is 0.500. The van der Waals surface area contributed by atoms with Crippen molar-refractivity contribution < 1.29 is 14.6 Å². The first-order valence-electron chi connectivity index (χ1n) is 6.07. The Hall–Kier alpha value is -1.55. The van der Waals surface area contributed by atoms with Gasteiger partial charge < -0.3 is 14.7 Å². The topological polar surface area (TPSA) is 49.8 Å². The number of benzene rings is 1. The summed E-state index contributed by atoms with van der Waals surface area (Å²) in [5.41, 5.74) is 2.05. The molecule has 0 unspecified atom stereocenters. The minimum Gasteiger partial charge on any atom is -0.478 e. The van der Waals surface area contributed by atoms with Gasteiger partial charge in [-0.2, -0.15) is 0 Å². The van der Waals surface area contributed by atoms with Crippen molar-refractivity contribution in [1.82, 2.24) is 0 Å². The van der Waals surface area contributed by atoms with Crippen LogP contribution in [0, 0.1) is 6.92 Å². The Morgan fingerprint density at radius 2 is 2.11 bits per heavy atom. The molecule has 0 saturated carbocycles. The molecule has 4 nitrogen and oxygen atoms in total. The molecular formula is C14H21NO3. The van der Waals surface area contributed by atoms with E-state index in [2.05, 4.69) is 0 Å². The number of anilines is 1. The molecule has 4 heteroatoms. The standard InChI is InChI=1S/C14H21NO3/c1-10(2)15(7-8-18-4)13-6-5-11(3)9-12(13)14(16)17/h5-6,9-10H,7-8H2,1-4H3,(H,16,17). The summed E-state index contributed by atoms with van der Waals surface area (Å²) in [5.74, 6) is -0.892. The molecule has 0 aromatic heterocycles. The molecule has 1 rings (SSSR count). The monoisotopic (exact) mass is 251 g/mol. The van der Waals surface area contributed by atoms with Crippen LogP contribution >= 0.6 is 0 Å². The van der Waals surface area contributed by atoms with Crippen molar-refractivity contribution in [1.29, 1.82) is 0 Å². The van der Waals surface area contributed by atoms with Gasteiger partial charge in [-0.05, 0) is 32.9 Å². The maximum absolute atomic E-state index is 11.3. The van der Waals surface area contributed by atoms with Gasteiger partial charge in [-0.1, -0.05) is 11.6 Å². The second-order valence-electron chi connectivity index (χ2n) is 4.61. The molecule has 0 radical (unpaired) electrons. The number of rotatable bonds is 6. The van der Waals surface area contributed by atoms with E-state index < -0.39 is 5.97 Å². The third-order valence-electron chi connectivity index (χ3n) is 2.85. The molecule has 0 amide bonds. The Morgan fingerprint density at radius 1 is 1.44 bits per heavy atom. The van der Waals surface area contributed by atoms with Crippen molar-refractivity contribution in [3.05, 3.63) is 29.3 Å². The van der Waals surface area contributed by atoms with E-state index in [1.54, 1.807) is 13.2 Å². The SMILES string of the molecule is COCCN(c1ccc(C)cc1C(=O)O)C(C)C. The highest BCUT2D eigenvalue weighted by Crippen LogP contribution is 2.24. The lowest BCUT2D eigenvalue weighted by atomic mass is 10.1. The van der Waals surface area contributed by atoms with Crippen LogP contribution in [0.5, 0.6) is 0 Å². The number of hydrogen-bond donors (Lipinski definition) is 1. The molecule has 0 spiro atoms. The van der Waals surface area contributed by atoms with Crippen molar-refractivity contribution in [2.45, 2.75) is 26.8 Å². The lowest BCUT2D eigenvalue weighted by Crippen LogP contribution is -2.35. The molecule has 0 aliphatic heterocycles. The average Bonchev–Trinajstić information content (AvgIpc) is 2.30. The fourth-order valence-electron chi connectivity index (χ4n) is 1.92. The summed E-state index contributed by atoms with van der Waals surface area (Å²) in [6.07, 6.45) is 0. The minimum absolute atomic E-state index is 0.223. The van der Waals surface area contributed by atoms with E-state index in [1.807, 2.05) is 37.8 Å². The molecule has 0 fully saturated rings. The van der Waals surface area contributed by atoms with Gasteiger partial charge >= 0.3 is 5.97 Å². The summed E-state index contributed by atoms with van der Waals surface area (Å²) in [6, 6.07) is 5.74. The number of aryl methyl sites for hydroxylation is 1. The van der Waals surface area contributed by atoms with Gasteiger partial charge in [0.25, 0.3) is 0 Å². The molecule has 18 heavy (non-hydrogen) atoms. The molecule has 0 aliphatic carbocycles. The lowest BCUT2D eigenvalue weighted by Gasteiger charge is -2.30. The molecule has 1 aromatic carbocycles. The summed E-state index contributed by atoms with van der Waals surface area (Å²) in [6.45, 7) is 7.23. The fourth-order valence-corrected chi connectivity index (χ4v) is 1.92. The molecule has 1 N–H and O–H groups in total. The van der Waals surface area contributed by atoms with Crippen LogP contribution in [0.1, 0.15) is 29.8 Å². The largest absolute Gasteiger partial charge is 0.478 e. The van der Waals surface area contributed by atoms with Crippen molar-refractivity contribution in [3.8, 4) is 0 Å². The van der Waals surface area contributed by atoms with Crippen molar-refractivity contribution in [2.24, 2.45) is 0 Å². The average molecular weight is 251 g/mol. The summed E-state index contributed by atoms with van der Waals surface area (Å²) < 4.78 is 5.08. The maximum atomic E-state index is 11.3. The first-order valence-corrected chi connectivity index (χ1v) is 6.07. The zero-order chi connectivity index (χ0) is 13.7. The van der Waals surface area contributed by atoms with Crippen LogP contribution in [0.25, 0.3) is 0 Å². The van der Waals surface area contributed by atoms with Gasteiger partial charge in [-0.3, -0.25) is 0 Å². The van der Waals surface area contributed by atoms with Crippen molar-refractivity contribution in [3.63, 3.8) is 0 Å². The molecule has 0 atom stereocenters. The van der Waals surface area contributed by atoms with E-state index in [9.17, 15) is 9.90 Å². The smallest absolute Gasteiger partial charge is 0.337 e. The first kappa shape index (κ1) is 14.5. The third kappa shape index (κ3) is 3.47. The van der Waals surface area contributed by atoms with Gasteiger partial charge in [0.05, 0.1) is 17.9 Å². The van der Waals surface area contributed by atoms with Gasteiger partial charge in [-0.15, -0.1) is 0 Å². The van der Waals surface area contributed by atoms with Gasteiger partial charge in [0.2, 0.25) is 0 Å². The summed E-state index contributed by atoms with van der Waals surface area (Å²) in [5, 5.41) is 9.29. The predicted molar refractivity (Wildman–Crippen MR) is 72.5 cm³/mol. The number of carbonyl (C=O) groups is 1. The van der Waals surface area contributed by atoms with Gasteiger partial charge in [0.1, 0.15) is 0 Å². The number of carboxylic acid groups (broad SMARTS) is 1. The molecule has 1 aromatic rings. The number of carboxylic acids is 1. The molecule has 0 bridgehead atoms. The Bertz CT molecular complexity index is 416. The highest BCUT2D eigenvalue weighted by Gasteiger charge is 2.18. The molecule has 100 valence electrons. The van der Waals surface area contributed by atoms with E-state index in [0.29, 0.717) is 18.7 Å². The number of ether oxygens (including phenoxy) is 1. The van der Waals surface area contributed by atoms with Crippen LogP contribution in [0.4, 0.5) is 5.69 Å². The van der Waals surface area contributed by atoms with Crippen LogP contribution in [-0.2, 0) is 4.74 Å². The summed E-state index contributed by atoms with van der Waals surface area (Å²) in [7, 11) is 1.64. The van der Waals surface area contributed by atoms with Gasteiger partial charge in [-0.25, -0.2) is 4.79 Å². The zero-order valence-corrected chi connectivity index (χ0v) is 11.4. The molecule has 0 saturated heterocycles. The summed E-state index contributed by atoms with van der Waals surface area (Å²) >= 11 is 0. The van der Waals surface area contributed by atoms with Crippen LogP contribution < -0.4 is 4.90 Å². The van der Waals surface area contributed by atoms with Crippen LogP contribution in [0.3, 0.4) is 0 Å². The minimum atomic E-state index is -0.892. The zero-order valence-electron chi connectivity index (χ0n) is 11.4. The summed E-state index contributed by atoms with van der Waals surface area (Å²) in [4.78, 5) is 13.4. The van der Waals surface area contributed by atoms with Gasteiger partial charge in [0, 0.05) is 19.7 Å². The number of nitrogens with zero attached hydrogens (tertiary/aromatic N) is 1. The first-order chi connectivity index (χ1) is 8.47. The second kappa shape index (κ2) is 6.40. The normalized spacial score (nSPS) is 10.7. The maximum Gasteiger partial charge on any atom is 0.337 e. The second-order valence-corrected chi connectivity index (χ2v) is 4.61. The Kier molecular flexibility index (Phi) is 5.16. The number of hydrogen-bond acceptors (Lipinski definition) is 3. The van der Waals surface area contributed by atoms with Crippen molar-refractivity contribution in [2.75, 3.05) is 25.2 Å². The van der Waals surface area contributed by atoms with Crippen LogP contribution in [-0.4, -0.2) is 37.4 Å². The van der Waals surface area contributed by atoms with E-state index >= 15 is 0 Å². The number of aromatic carboxylic acids is 1. The van der Waals surface area contributed by atoms with Crippen LogP contribution in [0.15, 0.2) is 18.2 Å². The van der Waals surface area contributed by atoms with Crippen molar-refractivity contribution >= 4 is 11.7 Å². The molecule has 0 heterocycles. The Balaban J connectivity index is 3.14. The van der Waals surface area contributed by atoms with E-state index in [4.69, 9.17) is 4.74 Å². The Morgan fingerprint density at radius 3 is 2.61 bits per heavy atom. The van der Waals surface area contributed by atoms with E-state index in [-0.39, 0.29) is 6.04 Å². The quantitative estimate of drug-likeness (QED) is 0.844. The number of methoxy groups -OCH3 is 1.